The predicted octanol–water partition coefficient (Wildman–Crippen LogP) is 3.71. The minimum Gasteiger partial charge on any atom is -0.489 e. The summed E-state index contributed by atoms with van der Waals surface area (Å²) >= 11 is 2.01. The largest absolute Gasteiger partial charge is 0.489 e. The summed E-state index contributed by atoms with van der Waals surface area (Å²) in [5, 5.41) is 0. The summed E-state index contributed by atoms with van der Waals surface area (Å²) in [6, 6.07) is 7.54. The van der Waals surface area contributed by atoms with Crippen LogP contribution in [0.15, 0.2) is 24.3 Å². The molecule has 0 bridgehead atoms. The molecular weight excluding hydrogens is 284 g/mol. The van der Waals surface area contributed by atoms with Gasteiger partial charge in [-0.1, -0.05) is 12.1 Å². The molecule has 2 heterocycles. The lowest BCUT2D eigenvalue weighted by atomic mass is 9.86. The Hall–Kier alpha value is -1.00. The molecule has 0 N–H and O–H groups in total. The van der Waals surface area contributed by atoms with Gasteiger partial charge in [0.05, 0.1) is 17.8 Å². The first kappa shape index (κ1) is 14.9. The first-order valence-corrected chi connectivity index (χ1v) is 8.82. The average molecular weight is 306 g/mol. The van der Waals surface area contributed by atoms with Crippen molar-refractivity contribution >= 4 is 17.5 Å². The van der Waals surface area contributed by atoms with E-state index in [4.69, 9.17) is 9.47 Å². The SMILES string of the molecule is CC(=O)c1ccccc1OC1CCOC2(CCSCC2)C1. The van der Waals surface area contributed by atoms with Crippen molar-refractivity contribution < 1.29 is 14.3 Å². The molecule has 1 aromatic rings. The molecule has 1 spiro atoms. The minimum atomic E-state index is 0.0132. The van der Waals surface area contributed by atoms with Crippen LogP contribution < -0.4 is 4.74 Å². The molecule has 0 saturated carbocycles. The van der Waals surface area contributed by atoms with Crippen molar-refractivity contribution in [3.05, 3.63) is 29.8 Å². The third-order valence-corrected chi connectivity index (χ3v) is 5.40. The van der Waals surface area contributed by atoms with Gasteiger partial charge in [-0.15, -0.1) is 0 Å². The zero-order valence-corrected chi connectivity index (χ0v) is 13.3. The smallest absolute Gasteiger partial charge is 0.163 e. The van der Waals surface area contributed by atoms with Crippen molar-refractivity contribution in [1.29, 1.82) is 0 Å². The second kappa shape index (κ2) is 6.41. The molecule has 2 aliphatic heterocycles. The maximum absolute atomic E-state index is 11.7. The number of carbonyl (C=O) groups is 1. The molecule has 3 rings (SSSR count). The molecule has 2 saturated heterocycles. The molecule has 1 aromatic carbocycles. The molecular formula is C17H22O3S. The van der Waals surface area contributed by atoms with Gasteiger partial charge >= 0.3 is 0 Å². The number of hydrogen-bond donors (Lipinski definition) is 0. The molecule has 2 fully saturated rings. The quantitative estimate of drug-likeness (QED) is 0.798. The van der Waals surface area contributed by atoms with Crippen LogP contribution in [-0.2, 0) is 4.74 Å². The lowest BCUT2D eigenvalue weighted by Crippen LogP contribution is -2.46. The number of carbonyl (C=O) groups excluding carboxylic acids is 1. The second-order valence-electron chi connectivity index (χ2n) is 5.93. The number of Topliss-reactive ketones (excluding diaryl/α,β-unsaturated/α-hetero) is 1. The highest BCUT2D eigenvalue weighted by Gasteiger charge is 2.39. The topological polar surface area (TPSA) is 35.5 Å². The van der Waals surface area contributed by atoms with Crippen LogP contribution in [0.2, 0.25) is 0 Å². The Morgan fingerprint density at radius 2 is 2.10 bits per heavy atom. The summed E-state index contributed by atoms with van der Waals surface area (Å²) < 4.78 is 12.3. The minimum absolute atomic E-state index is 0.0132. The number of benzene rings is 1. The van der Waals surface area contributed by atoms with Gasteiger partial charge in [-0.05, 0) is 43.4 Å². The van der Waals surface area contributed by atoms with Gasteiger partial charge in [0.1, 0.15) is 11.9 Å². The second-order valence-corrected chi connectivity index (χ2v) is 7.15. The Balaban J connectivity index is 1.71. The van der Waals surface area contributed by atoms with E-state index in [9.17, 15) is 4.79 Å². The van der Waals surface area contributed by atoms with Crippen LogP contribution >= 0.6 is 11.8 Å². The van der Waals surface area contributed by atoms with E-state index in [1.165, 1.54) is 11.5 Å². The number of hydrogen-bond acceptors (Lipinski definition) is 4. The van der Waals surface area contributed by atoms with Crippen molar-refractivity contribution in [2.24, 2.45) is 0 Å². The fourth-order valence-corrected chi connectivity index (χ4v) is 4.45. The number of thioether (sulfide) groups is 1. The van der Waals surface area contributed by atoms with Crippen LogP contribution in [0.25, 0.3) is 0 Å². The molecule has 21 heavy (non-hydrogen) atoms. The number of ether oxygens (including phenoxy) is 2. The molecule has 0 aromatic heterocycles. The molecule has 1 atom stereocenters. The number of para-hydroxylation sites is 1. The van der Waals surface area contributed by atoms with E-state index in [2.05, 4.69) is 0 Å². The standard InChI is InChI=1S/C17H22O3S/c1-13(18)15-4-2-3-5-16(15)20-14-6-9-19-17(12-14)7-10-21-11-8-17/h2-5,14H,6-12H2,1H3. The van der Waals surface area contributed by atoms with Crippen molar-refractivity contribution in [3.63, 3.8) is 0 Å². The Kier molecular flexibility index (Phi) is 4.55. The van der Waals surface area contributed by atoms with Gasteiger partial charge in [-0.2, -0.15) is 11.8 Å². The van der Waals surface area contributed by atoms with Crippen LogP contribution in [0.1, 0.15) is 43.0 Å². The van der Waals surface area contributed by atoms with Crippen LogP contribution in [0.3, 0.4) is 0 Å². The summed E-state index contributed by atoms with van der Waals surface area (Å²) in [4.78, 5) is 11.7. The van der Waals surface area contributed by atoms with Crippen molar-refractivity contribution in [3.8, 4) is 5.75 Å². The van der Waals surface area contributed by atoms with E-state index in [1.54, 1.807) is 6.92 Å². The van der Waals surface area contributed by atoms with E-state index in [0.29, 0.717) is 5.56 Å². The predicted molar refractivity (Wildman–Crippen MR) is 85.3 cm³/mol. The van der Waals surface area contributed by atoms with Gasteiger partial charge in [0, 0.05) is 12.8 Å². The summed E-state index contributed by atoms with van der Waals surface area (Å²) in [5.74, 6) is 3.13. The molecule has 114 valence electrons. The zero-order valence-electron chi connectivity index (χ0n) is 12.5. The van der Waals surface area contributed by atoms with Crippen LogP contribution in [0, 0.1) is 0 Å². The summed E-state index contributed by atoms with van der Waals surface area (Å²) in [6.07, 6.45) is 4.24. The summed E-state index contributed by atoms with van der Waals surface area (Å²) in [6.45, 7) is 2.35. The van der Waals surface area contributed by atoms with E-state index >= 15 is 0 Å². The van der Waals surface area contributed by atoms with E-state index in [0.717, 1.165) is 38.0 Å². The number of rotatable bonds is 3. The third kappa shape index (κ3) is 3.43. The lowest BCUT2D eigenvalue weighted by Gasteiger charge is -2.43. The van der Waals surface area contributed by atoms with Crippen molar-refractivity contribution in [1.82, 2.24) is 0 Å². The highest BCUT2D eigenvalue weighted by Crippen LogP contribution is 2.38. The summed E-state index contributed by atoms with van der Waals surface area (Å²) in [5.41, 5.74) is 0.691. The van der Waals surface area contributed by atoms with Crippen molar-refractivity contribution in [2.45, 2.75) is 44.3 Å². The molecule has 0 radical (unpaired) electrons. The maximum Gasteiger partial charge on any atom is 0.163 e. The molecule has 2 aliphatic rings. The summed E-state index contributed by atoms with van der Waals surface area (Å²) in [7, 11) is 0. The van der Waals surface area contributed by atoms with Gasteiger partial charge in [0.15, 0.2) is 5.78 Å². The lowest BCUT2D eigenvalue weighted by molar-refractivity contribution is -0.116. The van der Waals surface area contributed by atoms with Gasteiger partial charge in [0.2, 0.25) is 0 Å². The van der Waals surface area contributed by atoms with E-state index < -0.39 is 0 Å². The average Bonchev–Trinajstić information content (AvgIpc) is 2.48. The zero-order chi connectivity index (χ0) is 14.7. The third-order valence-electron chi connectivity index (χ3n) is 4.41. The van der Waals surface area contributed by atoms with Crippen LogP contribution in [0.5, 0.6) is 5.75 Å². The Bertz CT molecular complexity index is 503. The van der Waals surface area contributed by atoms with Gasteiger partial charge < -0.3 is 9.47 Å². The van der Waals surface area contributed by atoms with Crippen LogP contribution in [0.4, 0.5) is 0 Å². The van der Waals surface area contributed by atoms with E-state index in [-0.39, 0.29) is 17.5 Å². The maximum atomic E-state index is 11.7. The first-order valence-electron chi connectivity index (χ1n) is 7.67. The number of ketones is 1. The molecule has 1 unspecified atom stereocenters. The van der Waals surface area contributed by atoms with E-state index in [1.807, 2.05) is 36.0 Å². The normalized spacial score (nSPS) is 24.7. The Morgan fingerprint density at radius 3 is 2.86 bits per heavy atom. The molecule has 4 heteroatoms. The highest BCUT2D eigenvalue weighted by molar-refractivity contribution is 7.99. The molecule has 3 nitrogen and oxygen atoms in total. The molecule has 0 aliphatic carbocycles. The van der Waals surface area contributed by atoms with Gasteiger partial charge in [-0.25, -0.2) is 0 Å². The van der Waals surface area contributed by atoms with Gasteiger partial charge in [0.25, 0.3) is 0 Å². The fourth-order valence-electron chi connectivity index (χ4n) is 3.22. The molecule has 0 amide bonds. The first-order chi connectivity index (χ1) is 10.2. The van der Waals surface area contributed by atoms with Crippen molar-refractivity contribution in [2.75, 3.05) is 18.1 Å². The highest BCUT2D eigenvalue weighted by atomic mass is 32.2. The Labute approximate surface area is 130 Å². The fraction of sp³-hybridized carbons (Fsp3) is 0.588. The van der Waals surface area contributed by atoms with Gasteiger partial charge in [-0.3, -0.25) is 4.79 Å². The monoisotopic (exact) mass is 306 g/mol. The van der Waals surface area contributed by atoms with Crippen LogP contribution in [-0.4, -0.2) is 35.6 Å². The Morgan fingerprint density at radius 1 is 1.33 bits per heavy atom.